The number of hydrogen-bond donors (Lipinski definition) is 0. The first-order valence-corrected chi connectivity index (χ1v) is 8.93. The molecule has 1 aromatic heterocycles. The number of carbonyl (C=O) groups is 1. The predicted molar refractivity (Wildman–Crippen MR) is 94.0 cm³/mol. The van der Waals surface area contributed by atoms with Crippen LogP contribution in [0.5, 0.6) is 0 Å². The minimum atomic E-state index is -0.125. The molecule has 2 aromatic rings. The highest BCUT2D eigenvalue weighted by Crippen LogP contribution is 2.35. The van der Waals surface area contributed by atoms with Crippen molar-refractivity contribution in [3.8, 4) is 0 Å². The Morgan fingerprint density at radius 1 is 1.41 bits per heavy atom. The molecule has 118 valence electrons. The SMILES string of the molecule is CCN(CC)C(=O)n1cc(Br)c(Sc2cc(Cl)ccc2C)n1. The summed E-state index contributed by atoms with van der Waals surface area (Å²) < 4.78 is 2.16. The summed E-state index contributed by atoms with van der Waals surface area (Å²) in [6.45, 7) is 7.23. The summed E-state index contributed by atoms with van der Waals surface area (Å²) >= 11 is 11.0. The fourth-order valence-electron chi connectivity index (χ4n) is 1.93. The Hall–Kier alpha value is -0.980. The summed E-state index contributed by atoms with van der Waals surface area (Å²) in [5.74, 6) is 0. The van der Waals surface area contributed by atoms with Crippen molar-refractivity contribution in [1.29, 1.82) is 0 Å². The number of aromatic nitrogens is 2. The van der Waals surface area contributed by atoms with Crippen molar-refractivity contribution in [2.45, 2.75) is 30.7 Å². The molecule has 0 aliphatic heterocycles. The van der Waals surface area contributed by atoms with E-state index in [0.717, 1.165) is 20.0 Å². The Kier molecular flexibility index (Phi) is 5.94. The highest BCUT2D eigenvalue weighted by atomic mass is 79.9. The molecule has 0 radical (unpaired) electrons. The first-order valence-electron chi connectivity index (χ1n) is 6.94. The smallest absolute Gasteiger partial charge is 0.323 e. The van der Waals surface area contributed by atoms with Crippen LogP contribution in [0.2, 0.25) is 5.02 Å². The second kappa shape index (κ2) is 7.53. The standard InChI is InChI=1S/C15H17BrClN3OS/c1-4-19(5-2)15(21)20-9-12(16)14(18-20)22-13-8-11(17)7-6-10(13)3/h6-9H,4-5H2,1-3H3. The number of halogens is 2. The highest BCUT2D eigenvalue weighted by Gasteiger charge is 2.17. The van der Waals surface area contributed by atoms with Crippen LogP contribution < -0.4 is 0 Å². The maximum Gasteiger partial charge on any atom is 0.344 e. The van der Waals surface area contributed by atoms with Crippen molar-refractivity contribution in [2.24, 2.45) is 0 Å². The van der Waals surface area contributed by atoms with Gasteiger partial charge in [-0.2, -0.15) is 9.78 Å². The van der Waals surface area contributed by atoms with E-state index < -0.39 is 0 Å². The van der Waals surface area contributed by atoms with Gasteiger partial charge in [0.1, 0.15) is 5.03 Å². The predicted octanol–water partition coefficient (Wildman–Crippen LogP) is 5.07. The van der Waals surface area contributed by atoms with E-state index >= 15 is 0 Å². The third-order valence-electron chi connectivity index (χ3n) is 3.23. The second-order valence-corrected chi connectivity index (χ2v) is 7.01. The number of rotatable bonds is 4. The van der Waals surface area contributed by atoms with Crippen LogP contribution in [0.15, 0.2) is 38.8 Å². The summed E-state index contributed by atoms with van der Waals surface area (Å²) in [4.78, 5) is 15.1. The molecule has 0 atom stereocenters. The van der Waals surface area contributed by atoms with Gasteiger partial charge in [-0.1, -0.05) is 29.4 Å². The van der Waals surface area contributed by atoms with Gasteiger partial charge in [0.15, 0.2) is 0 Å². The van der Waals surface area contributed by atoms with E-state index in [0.29, 0.717) is 18.1 Å². The summed E-state index contributed by atoms with van der Waals surface area (Å²) in [6.07, 6.45) is 1.70. The zero-order valence-electron chi connectivity index (χ0n) is 12.6. The second-order valence-electron chi connectivity index (χ2n) is 4.69. The molecule has 0 saturated heterocycles. The summed E-state index contributed by atoms with van der Waals surface area (Å²) in [6, 6.07) is 5.61. The number of nitrogens with zero attached hydrogens (tertiary/aromatic N) is 3. The monoisotopic (exact) mass is 401 g/mol. The minimum absolute atomic E-state index is 0.125. The van der Waals surface area contributed by atoms with E-state index in [1.54, 1.807) is 11.1 Å². The molecule has 2 rings (SSSR count). The van der Waals surface area contributed by atoms with Gasteiger partial charge in [-0.05, 0) is 54.4 Å². The van der Waals surface area contributed by atoms with Gasteiger partial charge in [-0.3, -0.25) is 0 Å². The average Bonchev–Trinajstić information content (AvgIpc) is 2.85. The molecule has 0 aliphatic rings. The lowest BCUT2D eigenvalue weighted by atomic mass is 10.2. The quantitative estimate of drug-likeness (QED) is 0.716. The van der Waals surface area contributed by atoms with Crippen molar-refractivity contribution in [2.75, 3.05) is 13.1 Å². The van der Waals surface area contributed by atoms with Crippen molar-refractivity contribution < 1.29 is 4.79 Å². The molecular formula is C15H17BrClN3OS. The van der Waals surface area contributed by atoms with Gasteiger partial charge in [0.2, 0.25) is 0 Å². The van der Waals surface area contributed by atoms with Crippen LogP contribution in [0.3, 0.4) is 0 Å². The molecule has 0 fully saturated rings. The molecule has 4 nitrogen and oxygen atoms in total. The Labute approximate surface area is 148 Å². The van der Waals surface area contributed by atoms with E-state index in [1.807, 2.05) is 39.0 Å². The number of carbonyl (C=O) groups excluding carboxylic acids is 1. The topological polar surface area (TPSA) is 38.1 Å². The molecule has 1 heterocycles. The molecule has 0 aliphatic carbocycles. The zero-order valence-corrected chi connectivity index (χ0v) is 15.8. The fourth-order valence-corrected chi connectivity index (χ4v) is 3.59. The molecule has 0 unspecified atom stereocenters. The normalized spacial score (nSPS) is 10.8. The fraction of sp³-hybridized carbons (Fsp3) is 0.333. The molecule has 0 N–H and O–H groups in total. The van der Waals surface area contributed by atoms with Crippen molar-refractivity contribution in [3.63, 3.8) is 0 Å². The van der Waals surface area contributed by atoms with Crippen molar-refractivity contribution in [1.82, 2.24) is 14.7 Å². The lowest BCUT2D eigenvalue weighted by Gasteiger charge is -2.17. The number of aryl methyl sites for hydroxylation is 1. The molecule has 0 spiro atoms. The molecular weight excluding hydrogens is 386 g/mol. The van der Waals surface area contributed by atoms with E-state index in [-0.39, 0.29) is 6.03 Å². The van der Waals surface area contributed by atoms with E-state index in [9.17, 15) is 4.79 Å². The Morgan fingerprint density at radius 2 is 2.09 bits per heavy atom. The summed E-state index contributed by atoms with van der Waals surface area (Å²) in [5, 5.41) is 5.82. The molecule has 22 heavy (non-hydrogen) atoms. The Bertz CT molecular complexity index is 685. The van der Waals surface area contributed by atoms with Gasteiger partial charge in [-0.15, -0.1) is 0 Å². The summed E-state index contributed by atoms with van der Waals surface area (Å²) in [5.41, 5.74) is 1.12. The van der Waals surface area contributed by atoms with Crippen molar-refractivity contribution >= 4 is 45.3 Å². The van der Waals surface area contributed by atoms with Crippen LogP contribution >= 0.6 is 39.3 Å². The zero-order chi connectivity index (χ0) is 16.3. The number of amides is 1. The largest absolute Gasteiger partial charge is 0.344 e. The third-order valence-corrected chi connectivity index (χ3v) is 5.46. The van der Waals surface area contributed by atoms with Gasteiger partial charge >= 0.3 is 6.03 Å². The van der Waals surface area contributed by atoms with Crippen LogP contribution in [-0.4, -0.2) is 33.8 Å². The molecule has 0 saturated carbocycles. The Balaban J connectivity index is 2.27. The van der Waals surface area contributed by atoms with Crippen LogP contribution in [0.25, 0.3) is 0 Å². The van der Waals surface area contributed by atoms with Crippen LogP contribution in [0.4, 0.5) is 4.79 Å². The van der Waals surface area contributed by atoms with Gasteiger partial charge in [0.25, 0.3) is 0 Å². The van der Waals surface area contributed by atoms with E-state index in [1.165, 1.54) is 16.4 Å². The van der Waals surface area contributed by atoms with Gasteiger partial charge in [-0.25, -0.2) is 4.79 Å². The number of hydrogen-bond acceptors (Lipinski definition) is 3. The minimum Gasteiger partial charge on any atom is -0.323 e. The van der Waals surface area contributed by atoms with Crippen molar-refractivity contribution in [3.05, 3.63) is 39.5 Å². The van der Waals surface area contributed by atoms with Gasteiger partial charge in [0.05, 0.1) is 10.7 Å². The Morgan fingerprint density at radius 3 is 2.73 bits per heavy atom. The lowest BCUT2D eigenvalue weighted by molar-refractivity contribution is 0.201. The van der Waals surface area contributed by atoms with Gasteiger partial charge < -0.3 is 4.90 Å². The summed E-state index contributed by atoms with van der Waals surface area (Å²) in [7, 11) is 0. The maximum absolute atomic E-state index is 12.3. The molecule has 0 bridgehead atoms. The molecule has 1 amide bonds. The molecule has 7 heteroatoms. The van der Waals surface area contributed by atoms with Gasteiger partial charge in [0, 0.05) is 23.0 Å². The average molecular weight is 403 g/mol. The lowest BCUT2D eigenvalue weighted by Crippen LogP contribution is -2.34. The maximum atomic E-state index is 12.3. The van der Waals surface area contributed by atoms with Crippen LogP contribution in [-0.2, 0) is 0 Å². The first kappa shape index (κ1) is 17.4. The van der Waals surface area contributed by atoms with Crippen LogP contribution in [0, 0.1) is 6.92 Å². The first-order chi connectivity index (χ1) is 10.5. The molecule has 1 aromatic carbocycles. The number of benzene rings is 1. The third kappa shape index (κ3) is 3.86. The van der Waals surface area contributed by atoms with E-state index in [4.69, 9.17) is 11.6 Å². The van der Waals surface area contributed by atoms with Crippen LogP contribution in [0.1, 0.15) is 19.4 Å². The van der Waals surface area contributed by atoms with E-state index in [2.05, 4.69) is 21.0 Å². The highest BCUT2D eigenvalue weighted by molar-refractivity contribution is 9.10.